The van der Waals surface area contributed by atoms with E-state index in [1.807, 2.05) is 18.2 Å². The van der Waals surface area contributed by atoms with Crippen molar-refractivity contribution in [1.82, 2.24) is 14.9 Å². The molecule has 0 saturated carbocycles. The molecular formula is C15H20N4O2. The second kappa shape index (κ2) is 8.04. The first-order valence-corrected chi connectivity index (χ1v) is 7.03. The minimum absolute atomic E-state index is 0.707. The van der Waals surface area contributed by atoms with Gasteiger partial charge in [0.15, 0.2) is 11.5 Å². The first kappa shape index (κ1) is 15.0. The molecule has 1 aromatic carbocycles. The first-order valence-electron chi connectivity index (χ1n) is 7.03. The Morgan fingerprint density at radius 1 is 1.19 bits per heavy atom. The van der Waals surface area contributed by atoms with E-state index in [2.05, 4.69) is 22.2 Å². The summed E-state index contributed by atoms with van der Waals surface area (Å²) in [7, 11) is 1.63. The standard InChI is InChI=1S/C15H20N4O2/c1-3-4-5-8-21-14-7-6-13(9-15(14)20-2)10-18-19-11-16-17-12-19/h6-7,9-12H,3-5,8H2,1-2H3. The van der Waals surface area contributed by atoms with E-state index in [0.717, 1.165) is 17.7 Å². The summed E-state index contributed by atoms with van der Waals surface area (Å²) in [6.07, 6.45) is 8.17. The highest BCUT2D eigenvalue weighted by atomic mass is 16.5. The summed E-state index contributed by atoms with van der Waals surface area (Å²) in [5, 5.41) is 11.6. The summed E-state index contributed by atoms with van der Waals surface area (Å²) in [4.78, 5) is 0. The van der Waals surface area contributed by atoms with Gasteiger partial charge in [-0.05, 0) is 30.2 Å². The second-order valence-corrected chi connectivity index (χ2v) is 4.55. The maximum atomic E-state index is 5.74. The Balaban J connectivity index is 2.01. The smallest absolute Gasteiger partial charge is 0.161 e. The molecule has 0 aliphatic heterocycles. The van der Waals surface area contributed by atoms with Crippen LogP contribution < -0.4 is 9.47 Å². The quantitative estimate of drug-likeness (QED) is 0.553. The topological polar surface area (TPSA) is 61.5 Å². The van der Waals surface area contributed by atoms with Crippen molar-refractivity contribution in [3.8, 4) is 11.5 Å². The average Bonchev–Trinajstić information content (AvgIpc) is 3.03. The van der Waals surface area contributed by atoms with Crippen LogP contribution in [0.5, 0.6) is 11.5 Å². The van der Waals surface area contributed by atoms with E-state index in [9.17, 15) is 0 Å². The van der Waals surface area contributed by atoms with Crippen LogP contribution >= 0.6 is 0 Å². The second-order valence-electron chi connectivity index (χ2n) is 4.55. The Bertz CT molecular complexity index is 567. The zero-order valence-corrected chi connectivity index (χ0v) is 12.4. The van der Waals surface area contributed by atoms with E-state index in [0.29, 0.717) is 12.4 Å². The van der Waals surface area contributed by atoms with Crippen LogP contribution in [-0.2, 0) is 0 Å². The molecule has 0 aliphatic carbocycles. The fourth-order valence-electron chi connectivity index (χ4n) is 1.81. The molecule has 0 N–H and O–H groups in total. The van der Waals surface area contributed by atoms with Gasteiger partial charge >= 0.3 is 0 Å². The van der Waals surface area contributed by atoms with Gasteiger partial charge in [-0.15, -0.1) is 10.2 Å². The Kier molecular flexibility index (Phi) is 5.75. The van der Waals surface area contributed by atoms with Crippen molar-refractivity contribution in [2.24, 2.45) is 5.10 Å². The zero-order chi connectivity index (χ0) is 14.9. The fraction of sp³-hybridized carbons (Fsp3) is 0.400. The van der Waals surface area contributed by atoms with Gasteiger partial charge in [-0.3, -0.25) is 0 Å². The maximum absolute atomic E-state index is 5.74. The molecule has 2 rings (SSSR count). The third-order valence-electron chi connectivity index (χ3n) is 2.94. The maximum Gasteiger partial charge on any atom is 0.161 e. The van der Waals surface area contributed by atoms with Crippen LogP contribution in [-0.4, -0.2) is 34.8 Å². The van der Waals surface area contributed by atoms with Gasteiger partial charge in [-0.25, -0.2) is 4.68 Å². The lowest BCUT2D eigenvalue weighted by Gasteiger charge is -2.11. The summed E-state index contributed by atoms with van der Waals surface area (Å²) in [5.74, 6) is 1.47. The highest BCUT2D eigenvalue weighted by molar-refractivity contribution is 5.80. The minimum atomic E-state index is 0.707. The number of methoxy groups -OCH3 is 1. The Labute approximate surface area is 124 Å². The largest absolute Gasteiger partial charge is 0.493 e. The molecule has 0 unspecified atom stereocenters. The first-order chi connectivity index (χ1) is 10.3. The summed E-state index contributed by atoms with van der Waals surface area (Å²) in [6.45, 7) is 2.88. The SMILES string of the molecule is CCCCCOc1ccc(C=Nn2cnnc2)cc1OC. The van der Waals surface area contributed by atoms with E-state index in [1.54, 1.807) is 13.3 Å². The molecule has 0 bridgehead atoms. The third-order valence-corrected chi connectivity index (χ3v) is 2.94. The summed E-state index contributed by atoms with van der Waals surface area (Å²) >= 11 is 0. The van der Waals surface area contributed by atoms with Gasteiger partial charge < -0.3 is 9.47 Å². The van der Waals surface area contributed by atoms with Gasteiger partial charge in [0.2, 0.25) is 0 Å². The Morgan fingerprint density at radius 2 is 2.00 bits per heavy atom. The lowest BCUT2D eigenvalue weighted by atomic mass is 10.2. The molecule has 0 aliphatic rings. The van der Waals surface area contributed by atoms with Crippen molar-refractivity contribution in [3.05, 3.63) is 36.4 Å². The molecule has 112 valence electrons. The molecule has 2 aromatic rings. The van der Waals surface area contributed by atoms with Crippen LogP contribution in [0.4, 0.5) is 0 Å². The average molecular weight is 288 g/mol. The van der Waals surface area contributed by atoms with Crippen LogP contribution in [0.1, 0.15) is 31.7 Å². The van der Waals surface area contributed by atoms with Crippen LogP contribution in [0.3, 0.4) is 0 Å². The van der Waals surface area contributed by atoms with Gasteiger partial charge in [0.25, 0.3) is 0 Å². The number of unbranched alkanes of at least 4 members (excludes halogenated alkanes) is 2. The number of aromatic nitrogens is 3. The number of benzene rings is 1. The van der Waals surface area contributed by atoms with Crippen LogP contribution in [0.2, 0.25) is 0 Å². The number of hydrogen-bond acceptors (Lipinski definition) is 5. The molecule has 21 heavy (non-hydrogen) atoms. The van der Waals surface area contributed by atoms with Gasteiger partial charge in [0.05, 0.1) is 19.9 Å². The predicted octanol–water partition coefficient (Wildman–Crippen LogP) is 2.74. The van der Waals surface area contributed by atoms with E-state index in [4.69, 9.17) is 9.47 Å². The van der Waals surface area contributed by atoms with Crippen molar-refractivity contribution >= 4 is 6.21 Å². The monoisotopic (exact) mass is 288 g/mol. The lowest BCUT2D eigenvalue weighted by Crippen LogP contribution is -2.00. The number of ether oxygens (including phenoxy) is 2. The normalized spacial score (nSPS) is 11.0. The molecule has 0 spiro atoms. The van der Waals surface area contributed by atoms with Gasteiger partial charge in [-0.1, -0.05) is 19.8 Å². The van der Waals surface area contributed by atoms with Crippen molar-refractivity contribution in [3.63, 3.8) is 0 Å². The van der Waals surface area contributed by atoms with Crippen LogP contribution in [0, 0.1) is 0 Å². The zero-order valence-electron chi connectivity index (χ0n) is 12.4. The van der Waals surface area contributed by atoms with Gasteiger partial charge in [0, 0.05) is 0 Å². The predicted molar refractivity (Wildman–Crippen MR) is 81.0 cm³/mol. The molecule has 0 radical (unpaired) electrons. The van der Waals surface area contributed by atoms with E-state index in [-0.39, 0.29) is 0 Å². The molecule has 1 aromatic heterocycles. The number of hydrogen-bond donors (Lipinski definition) is 0. The third kappa shape index (κ3) is 4.59. The highest BCUT2D eigenvalue weighted by Gasteiger charge is 2.04. The van der Waals surface area contributed by atoms with Crippen LogP contribution in [0.25, 0.3) is 0 Å². The molecule has 0 atom stereocenters. The number of rotatable bonds is 8. The van der Waals surface area contributed by atoms with Gasteiger partial charge in [-0.2, -0.15) is 5.10 Å². The van der Waals surface area contributed by atoms with E-state index < -0.39 is 0 Å². The van der Waals surface area contributed by atoms with E-state index in [1.165, 1.54) is 30.2 Å². The molecular weight excluding hydrogens is 268 g/mol. The lowest BCUT2D eigenvalue weighted by molar-refractivity contribution is 0.286. The molecule has 6 heteroatoms. The van der Waals surface area contributed by atoms with Crippen molar-refractivity contribution < 1.29 is 9.47 Å². The summed E-state index contributed by atoms with van der Waals surface area (Å²) in [5.41, 5.74) is 0.918. The van der Waals surface area contributed by atoms with Gasteiger partial charge in [0.1, 0.15) is 12.7 Å². The molecule has 0 amide bonds. The van der Waals surface area contributed by atoms with E-state index >= 15 is 0 Å². The molecule has 6 nitrogen and oxygen atoms in total. The minimum Gasteiger partial charge on any atom is -0.493 e. The summed E-state index contributed by atoms with van der Waals surface area (Å²) < 4.78 is 12.6. The Hall–Kier alpha value is -2.37. The molecule has 1 heterocycles. The van der Waals surface area contributed by atoms with Crippen molar-refractivity contribution in [2.75, 3.05) is 13.7 Å². The Morgan fingerprint density at radius 3 is 2.71 bits per heavy atom. The van der Waals surface area contributed by atoms with Crippen molar-refractivity contribution in [1.29, 1.82) is 0 Å². The van der Waals surface area contributed by atoms with Crippen molar-refractivity contribution in [2.45, 2.75) is 26.2 Å². The van der Waals surface area contributed by atoms with Crippen LogP contribution in [0.15, 0.2) is 36.0 Å². The molecule has 0 saturated heterocycles. The summed E-state index contributed by atoms with van der Waals surface area (Å²) in [6, 6.07) is 5.73. The number of nitrogens with zero attached hydrogens (tertiary/aromatic N) is 4. The highest BCUT2D eigenvalue weighted by Crippen LogP contribution is 2.27. The molecule has 0 fully saturated rings. The fourth-order valence-corrected chi connectivity index (χ4v) is 1.81.